The van der Waals surface area contributed by atoms with Crippen molar-refractivity contribution in [1.29, 1.82) is 0 Å². The minimum absolute atomic E-state index is 0.0108. The Bertz CT molecular complexity index is 644. The van der Waals surface area contributed by atoms with E-state index in [0.29, 0.717) is 0 Å². The van der Waals surface area contributed by atoms with Crippen LogP contribution in [0.4, 0.5) is 0 Å². The van der Waals surface area contributed by atoms with E-state index in [1.165, 1.54) is 0 Å². The first-order chi connectivity index (χ1) is 9.40. The molecule has 5 heteroatoms. The Balaban J connectivity index is 2.03. The molecule has 0 aliphatic rings. The number of fused-ring (bicyclic) bond motifs is 1. The minimum atomic E-state index is 0.0108. The smallest absolute Gasteiger partial charge is 0.125 e. The van der Waals surface area contributed by atoms with Gasteiger partial charge in [-0.1, -0.05) is 6.92 Å². The zero-order valence-electron chi connectivity index (χ0n) is 10.8. The summed E-state index contributed by atoms with van der Waals surface area (Å²) in [6.45, 7) is 3.06. The Labute approximate surface area is 111 Å². The third kappa shape index (κ3) is 2.24. The fourth-order valence-corrected chi connectivity index (χ4v) is 2.18. The van der Waals surface area contributed by atoms with Crippen LogP contribution in [0.2, 0.25) is 0 Å². The van der Waals surface area contributed by atoms with Gasteiger partial charge in [0.15, 0.2) is 0 Å². The first-order valence-corrected chi connectivity index (χ1v) is 6.44. The van der Waals surface area contributed by atoms with Crippen LogP contribution in [0.5, 0.6) is 0 Å². The monoisotopic (exact) mass is 256 g/mol. The van der Waals surface area contributed by atoms with Gasteiger partial charge in [-0.05, 0) is 25.1 Å². The van der Waals surface area contributed by atoms with Crippen molar-refractivity contribution in [3.05, 3.63) is 54.5 Å². The van der Waals surface area contributed by atoms with E-state index in [9.17, 15) is 0 Å². The zero-order valence-corrected chi connectivity index (χ0v) is 10.8. The molecule has 5 nitrogen and oxygen atoms in total. The minimum Gasteiger partial charge on any atom is -0.467 e. The lowest BCUT2D eigenvalue weighted by Gasteiger charge is -2.15. The third-order valence-electron chi connectivity index (χ3n) is 3.09. The van der Waals surface area contributed by atoms with Crippen molar-refractivity contribution in [2.75, 3.05) is 6.54 Å². The maximum atomic E-state index is 5.55. The normalized spacial score (nSPS) is 12.9. The summed E-state index contributed by atoms with van der Waals surface area (Å²) in [6.07, 6.45) is 10.0. The van der Waals surface area contributed by atoms with Crippen molar-refractivity contribution in [1.82, 2.24) is 19.9 Å². The Morgan fingerprint density at radius 1 is 1.42 bits per heavy atom. The van der Waals surface area contributed by atoms with E-state index < -0.39 is 0 Å². The topological polar surface area (TPSA) is 55.4 Å². The first kappa shape index (κ1) is 11.9. The van der Waals surface area contributed by atoms with Crippen molar-refractivity contribution in [3.63, 3.8) is 0 Å². The molecule has 3 rings (SSSR count). The molecule has 3 aromatic rings. The van der Waals surface area contributed by atoms with Crippen LogP contribution in [0.1, 0.15) is 30.7 Å². The van der Waals surface area contributed by atoms with Gasteiger partial charge >= 0.3 is 0 Å². The molecule has 19 heavy (non-hydrogen) atoms. The standard InChI is InChI=1S/C14H16N4O/c1-2-5-16-14(13-4-3-8-19-13)11-9-17-18-7-6-15-10-12(11)18/h3-4,6-10,14,16H,2,5H2,1H3. The summed E-state index contributed by atoms with van der Waals surface area (Å²) in [5.74, 6) is 0.896. The van der Waals surface area contributed by atoms with Crippen LogP contribution < -0.4 is 5.32 Å². The molecule has 3 aromatic heterocycles. The van der Waals surface area contributed by atoms with E-state index in [1.807, 2.05) is 35.2 Å². The fourth-order valence-electron chi connectivity index (χ4n) is 2.18. The van der Waals surface area contributed by atoms with E-state index in [1.54, 1.807) is 12.5 Å². The summed E-state index contributed by atoms with van der Waals surface area (Å²) in [7, 11) is 0. The van der Waals surface area contributed by atoms with Gasteiger partial charge in [-0.25, -0.2) is 4.52 Å². The highest BCUT2D eigenvalue weighted by molar-refractivity contribution is 5.54. The third-order valence-corrected chi connectivity index (χ3v) is 3.09. The van der Waals surface area contributed by atoms with Crippen LogP contribution >= 0.6 is 0 Å². The van der Waals surface area contributed by atoms with Crippen molar-refractivity contribution >= 4 is 5.52 Å². The average Bonchev–Trinajstić information content (AvgIpc) is 3.09. The summed E-state index contributed by atoms with van der Waals surface area (Å²) in [5.41, 5.74) is 2.07. The highest BCUT2D eigenvalue weighted by Crippen LogP contribution is 2.25. The summed E-state index contributed by atoms with van der Waals surface area (Å²) < 4.78 is 7.37. The second kappa shape index (κ2) is 5.24. The van der Waals surface area contributed by atoms with Crippen molar-refractivity contribution in [3.8, 4) is 0 Å². The molecule has 0 aliphatic carbocycles. The SMILES string of the molecule is CCCNC(c1ccco1)c1cnn2ccncc12. The molecule has 0 saturated carbocycles. The first-order valence-electron chi connectivity index (χ1n) is 6.44. The van der Waals surface area contributed by atoms with E-state index in [-0.39, 0.29) is 6.04 Å². The maximum absolute atomic E-state index is 5.55. The Morgan fingerprint density at radius 3 is 3.16 bits per heavy atom. The van der Waals surface area contributed by atoms with E-state index in [2.05, 4.69) is 22.3 Å². The number of nitrogens with one attached hydrogen (secondary N) is 1. The van der Waals surface area contributed by atoms with Crippen LogP contribution in [0.3, 0.4) is 0 Å². The van der Waals surface area contributed by atoms with E-state index >= 15 is 0 Å². The van der Waals surface area contributed by atoms with Crippen molar-refractivity contribution < 1.29 is 4.42 Å². The molecule has 3 heterocycles. The Hall–Kier alpha value is -2.14. The molecule has 0 fully saturated rings. The predicted molar refractivity (Wildman–Crippen MR) is 71.8 cm³/mol. The van der Waals surface area contributed by atoms with Crippen LogP contribution in [-0.2, 0) is 0 Å². The largest absolute Gasteiger partial charge is 0.467 e. The van der Waals surface area contributed by atoms with Crippen LogP contribution in [0.15, 0.2) is 47.6 Å². The Kier molecular flexibility index (Phi) is 3.29. The maximum Gasteiger partial charge on any atom is 0.125 e. The average molecular weight is 256 g/mol. The number of hydrogen-bond donors (Lipinski definition) is 1. The summed E-state index contributed by atoms with van der Waals surface area (Å²) in [6, 6.07) is 3.89. The molecular weight excluding hydrogens is 240 g/mol. The highest BCUT2D eigenvalue weighted by atomic mass is 16.3. The Morgan fingerprint density at radius 2 is 2.37 bits per heavy atom. The van der Waals surface area contributed by atoms with Gasteiger partial charge in [0.2, 0.25) is 0 Å². The molecule has 0 saturated heterocycles. The zero-order chi connectivity index (χ0) is 13.1. The molecule has 1 N–H and O–H groups in total. The van der Waals surface area contributed by atoms with E-state index in [4.69, 9.17) is 4.42 Å². The molecule has 0 aromatic carbocycles. The molecule has 0 amide bonds. The molecule has 0 bridgehead atoms. The van der Waals surface area contributed by atoms with Crippen LogP contribution in [0, 0.1) is 0 Å². The molecule has 1 atom stereocenters. The van der Waals surface area contributed by atoms with E-state index in [0.717, 1.165) is 29.8 Å². The van der Waals surface area contributed by atoms with Crippen molar-refractivity contribution in [2.24, 2.45) is 0 Å². The van der Waals surface area contributed by atoms with Gasteiger partial charge in [0.1, 0.15) is 5.76 Å². The highest BCUT2D eigenvalue weighted by Gasteiger charge is 2.20. The number of nitrogens with zero attached hydrogens (tertiary/aromatic N) is 3. The molecule has 0 radical (unpaired) electrons. The summed E-state index contributed by atoms with van der Waals surface area (Å²) in [4.78, 5) is 4.17. The summed E-state index contributed by atoms with van der Waals surface area (Å²) >= 11 is 0. The quantitative estimate of drug-likeness (QED) is 0.761. The van der Waals surface area contributed by atoms with Gasteiger partial charge in [0, 0.05) is 18.0 Å². The molecule has 1 unspecified atom stereocenters. The second-order valence-electron chi connectivity index (χ2n) is 4.41. The molecule has 0 spiro atoms. The van der Waals surface area contributed by atoms with Gasteiger partial charge < -0.3 is 9.73 Å². The van der Waals surface area contributed by atoms with Crippen molar-refractivity contribution in [2.45, 2.75) is 19.4 Å². The van der Waals surface area contributed by atoms with Gasteiger partial charge in [-0.15, -0.1) is 0 Å². The number of furan rings is 1. The lowest BCUT2D eigenvalue weighted by Crippen LogP contribution is -2.22. The summed E-state index contributed by atoms with van der Waals surface area (Å²) in [5, 5.41) is 7.84. The molecule has 0 aliphatic heterocycles. The van der Waals surface area contributed by atoms with Gasteiger partial charge in [0.05, 0.1) is 30.2 Å². The number of hydrogen-bond acceptors (Lipinski definition) is 4. The predicted octanol–water partition coefficient (Wildman–Crippen LogP) is 2.41. The van der Waals surface area contributed by atoms with Crippen LogP contribution in [-0.4, -0.2) is 21.1 Å². The van der Waals surface area contributed by atoms with Gasteiger partial charge in [-0.2, -0.15) is 5.10 Å². The van der Waals surface area contributed by atoms with Gasteiger partial charge in [0.25, 0.3) is 0 Å². The number of rotatable bonds is 5. The lowest BCUT2D eigenvalue weighted by atomic mass is 10.1. The lowest BCUT2D eigenvalue weighted by molar-refractivity contribution is 0.448. The molecular formula is C14H16N4O. The number of aromatic nitrogens is 3. The fraction of sp³-hybridized carbons (Fsp3) is 0.286. The van der Waals surface area contributed by atoms with Crippen LogP contribution in [0.25, 0.3) is 5.52 Å². The second-order valence-corrected chi connectivity index (χ2v) is 4.41. The van der Waals surface area contributed by atoms with Gasteiger partial charge in [-0.3, -0.25) is 4.98 Å². The molecule has 98 valence electrons.